The van der Waals surface area contributed by atoms with Crippen LogP contribution in [0.25, 0.3) is 0 Å². The summed E-state index contributed by atoms with van der Waals surface area (Å²) in [5, 5.41) is 19.1. The fraction of sp³-hybridized carbons (Fsp3) is 0.250. The van der Waals surface area contributed by atoms with Crippen LogP contribution in [0.2, 0.25) is 0 Å². The van der Waals surface area contributed by atoms with Crippen LogP contribution < -0.4 is 9.47 Å². The first kappa shape index (κ1) is 15.5. The van der Waals surface area contributed by atoms with Gasteiger partial charge in [-0.25, -0.2) is 0 Å². The molecule has 2 aromatic carbocycles. The highest BCUT2D eigenvalue weighted by molar-refractivity contribution is 7.99. The maximum Gasteiger partial charge on any atom is 0.123 e. The Labute approximate surface area is 128 Å². The summed E-state index contributed by atoms with van der Waals surface area (Å²) in [6.07, 6.45) is -0.574. The minimum Gasteiger partial charge on any atom is -0.508 e. The molecule has 1 unspecified atom stereocenters. The van der Waals surface area contributed by atoms with E-state index in [0.29, 0.717) is 11.5 Å². The summed E-state index contributed by atoms with van der Waals surface area (Å²) in [6.45, 7) is 0.220. The van der Waals surface area contributed by atoms with Crippen LogP contribution >= 0.6 is 11.8 Å². The van der Waals surface area contributed by atoms with Gasteiger partial charge in [0.25, 0.3) is 0 Å². The number of thioether (sulfide) groups is 1. The Bertz CT molecular complexity index is 556. The number of phenols is 1. The van der Waals surface area contributed by atoms with Crippen LogP contribution in [0, 0.1) is 0 Å². The first-order valence-electron chi connectivity index (χ1n) is 6.54. The van der Waals surface area contributed by atoms with Crippen molar-refractivity contribution in [2.75, 3.05) is 19.5 Å². The maximum atomic E-state index is 9.93. The lowest BCUT2D eigenvalue weighted by molar-refractivity contribution is 0.126. The third-order valence-electron chi connectivity index (χ3n) is 2.76. The molecule has 0 aliphatic heterocycles. The third kappa shape index (κ3) is 5.21. The molecule has 112 valence electrons. The fourth-order valence-electron chi connectivity index (χ4n) is 1.67. The van der Waals surface area contributed by atoms with E-state index in [2.05, 4.69) is 0 Å². The number of ether oxygens (including phenoxy) is 2. The second-order valence-corrected chi connectivity index (χ2v) is 5.54. The second kappa shape index (κ2) is 7.81. The number of hydrogen-bond donors (Lipinski definition) is 2. The molecule has 5 heteroatoms. The average Bonchev–Trinajstić information content (AvgIpc) is 2.52. The Balaban J connectivity index is 1.76. The highest BCUT2D eigenvalue weighted by Gasteiger charge is 2.07. The molecule has 1 atom stereocenters. The maximum absolute atomic E-state index is 9.93. The van der Waals surface area contributed by atoms with Crippen molar-refractivity contribution in [3.63, 3.8) is 0 Å². The van der Waals surface area contributed by atoms with Gasteiger partial charge in [0.15, 0.2) is 0 Å². The molecule has 2 aromatic rings. The van der Waals surface area contributed by atoms with Crippen LogP contribution in [0.1, 0.15) is 0 Å². The summed E-state index contributed by atoms with van der Waals surface area (Å²) >= 11 is 1.51. The average molecular weight is 306 g/mol. The summed E-state index contributed by atoms with van der Waals surface area (Å²) < 4.78 is 10.6. The van der Waals surface area contributed by atoms with Crippen LogP contribution in [-0.2, 0) is 0 Å². The van der Waals surface area contributed by atoms with Crippen molar-refractivity contribution in [1.29, 1.82) is 0 Å². The Morgan fingerprint density at radius 3 is 2.52 bits per heavy atom. The van der Waals surface area contributed by atoms with Gasteiger partial charge in [0.1, 0.15) is 23.9 Å². The van der Waals surface area contributed by atoms with Crippen LogP contribution in [0.3, 0.4) is 0 Å². The van der Waals surface area contributed by atoms with E-state index in [-0.39, 0.29) is 12.4 Å². The Morgan fingerprint density at radius 1 is 1.10 bits per heavy atom. The van der Waals surface area contributed by atoms with Crippen molar-refractivity contribution in [3.05, 3.63) is 48.5 Å². The number of aliphatic hydroxyl groups is 1. The van der Waals surface area contributed by atoms with Crippen LogP contribution in [0.15, 0.2) is 53.4 Å². The van der Waals surface area contributed by atoms with Gasteiger partial charge in [0.05, 0.1) is 13.2 Å². The van der Waals surface area contributed by atoms with E-state index in [9.17, 15) is 10.2 Å². The summed E-state index contributed by atoms with van der Waals surface area (Å²) in [4.78, 5) is 0.994. The Morgan fingerprint density at radius 2 is 1.81 bits per heavy atom. The molecule has 0 radical (unpaired) electrons. The number of rotatable bonds is 7. The van der Waals surface area contributed by atoms with Crippen molar-refractivity contribution in [2.24, 2.45) is 0 Å². The molecule has 0 fully saturated rings. The lowest BCUT2D eigenvalue weighted by atomic mass is 10.3. The predicted octanol–water partition coefficient (Wildman–Crippen LogP) is 2.93. The van der Waals surface area contributed by atoms with Gasteiger partial charge in [-0.2, -0.15) is 0 Å². The smallest absolute Gasteiger partial charge is 0.123 e. The zero-order chi connectivity index (χ0) is 15.1. The van der Waals surface area contributed by atoms with E-state index in [1.165, 1.54) is 11.8 Å². The van der Waals surface area contributed by atoms with E-state index >= 15 is 0 Å². The lowest BCUT2D eigenvalue weighted by Crippen LogP contribution is -2.20. The van der Waals surface area contributed by atoms with E-state index in [1.807, 2.05) is 30.3 Å². The molecule has 0 saturated heterocycles. The highest BCUT2D eigenvalue weighted by atomic mass is 32.2. The SMILES string of the molecule is COc1cccc(OCC(O)CSc2ccc(O)cc2)c1. The second-order valence-electron chi connectivity index (χ2n) is 4.45. The molecule has 0 spiro atoms. The zero-order valence-electron chi connectivity index (χ0n) is 11.7. The number of methoxy groups -OCH3 is 1. The minimum atomic E-state index is -0.574. The summed E-state index contributed by atoms with van der Waals surface area (Å²) in [5.74, 6) is 2.15. The van der Waals surface area contributed by atoms with Crippen molar-refractivity contribution < 1.29 is 19.7 Å². The molecule has 0 heterocycles. The van der Waals surface area contributed by atoms with Gasteiger partial charge in [0, 0.05) is 16.7 Å². The van der Waals surface area contributed by atoms with Crippen molar-refractivity contribution >= 4 is 11.8 Å². The molecule has 2 rings (SSSR count). The van der Waals surface area contributed by atoms with Gasteiger partial charge in [-0.05, 0) is 36.4 Å². The minimum absolute atomic E-state index is 0.220. The van der Waals surface area contributed by atoms with E-state index in [4.69, 9.17) is 9.47 Å². The van der Waals surface area contributed by atoms with Crippen LogP contribution in [0.5, 0.6) is 17.2 Å². The van der Waals surface area contributed by atoms with Crippen LogP contribution in [-0.4, -0.2) is 35.8 Å². The Hall–Kier alpha value is -1.85. The van der Waals surface area contributed by atoms with Crippen LogP contribution in [0.4, 0.5) is 0 Å². The highest BCUT2D eigenvalue weighted by Crippen LogP contribution is 2.22. The summed E-state index contributed by atoms with van der Waals surface area (Å²) in [5.41, 5.74) is 0. The first-order valence-corrected chi connectivity index (χ1v) is 7.52. The van der Waals surface area contributed by atoms with Gasteiger partial charge < -0.3 is 19.7 Å². The molecule has 0 aliphatic rings. The molecule has 0 amide bonds. The number of benzene rings is 2. The molecule has 2 N–H and O–H groups in total. The Kier molecular flexibility index (Phi) is 5.78. The van der Waals surface area contributed by atoms with E-state index in [0.717, 1.165) is 10.6 Å². The van der Waals surface area contributed by atoms with E-state index < -0.39 is 6.10 Å². The largest absolute Gasteiger partial charge is 0.508 e. The summed E-state index contributed by atoms with van der Waals surface area (Å²) in [7, 11) is 1.60. The van der Waals surface area contributed by atoms with Gasteiger partial charge >= 0.3 is 0 Å². The molecule has 4 nitrogen and oxygen atoms in total. The standard InChI is InChI=1S/C16H18O4S/c1-19-14-3-2-4-15(9-14)20-10-13(18)11-21-16-7-5-12(17)6-8-16/h2-9,13,17-18H,10-11H2,1H3. The normalized spacial score (nSPS) is 11.9. The van der Waals surface area contributed by atoms with Gasteiger partial charge in [-0.1, -0.05) is 6.07 Å². The summed E-state index contributed by atoms with van der Waals surface area (Å²) in [6, 6.07) is 14.2. The van der Waals surface area contributed by atoms with Crippen molar-refractivity contribution in [3.8, 4) is 17.2 Å². The topological polar surface area (TPSA) is 58.9 Å². The molecule has 0 aromatic heterocycles. The van der Waals surface area contributed by atoms with Gasteiger partial charge in [-0.15, -0.1) is 11.8 Å². The zero-order valence-corrected chi connectivity index (χ0v) is 12.5. The lowest BCUT2D eigenvalue weighted by Gasteiger charge is -2.12. The molecule has 0 bridgehead atoms. The molecular weight excluding hydrogens is 288 g/mol. The first-order chi connectivity index (χ1) is 10.2. The van der Waals surface area contributed by atoms with Crippen molar-refractivity contribution in [1.82, 2.24) is 0 Å². The monoisotopic (exact) mass is 306 g/mol. The third-order valence-corrected chi connectivity index (χ3v) is 3.92. The van der Waals surface area contributed by atoms with Crippen molar-refractivity contribution in [2.45, 2.75) is 11.0 Å². The number of aromatic hydroxyl groups is 1. The number of phenolic OH excluding ortho intramolecular Hbond substituents is 1. The molecule has 0 aliphatic carbocycles. The predicted molar refractivity (Wildman–Crippen MR) is 83.3 cm³/mol. The molecular formula is C16H18O4S. The quantitative estimate of drug-likeness (QED) is 0.770. The number of hydrogen-bond acceptors (Lipinski definition) is 5. The fourth-order valence-corrected chi connectivity index (χ4v) is 2.48. The molecule has 0 saturated carbocycles. The number of aliphatic hydroxyl groups excluding tert-OH is 1. The van der Waals surface area contributed by atoms with E-state index in [1.54, 1.807) is 25.3 Å². The molecule has 21 heavy (non-hydrogen) atoms. The van der Waals surface area contributed by atoms with Gasteiger partial charge in [-0.3, -0.25) is 0 Å². The van der Waals surface area contributed by atoms with Gasteiger partial charge in [0.2, 0.25) is 0 Å².